The number of aromatic nitrogens is 1. The van der Waals surface area contributed by atoms with Crippen molar-refractivity contribution in [1.29, 1.82) is 0 Å². The smallest absolute Gasteiger partial charge is 0.301 e. The highest BCUT2D eigenvalue weighted by Gasteiger charge is 2.48. The van der Waals surface area contributed by atoms with Crippen molar-refractivity contribution in [2.75, 3.05) is 4.90 Å². The summed E-state index contributed by atoms with van der Waals surface area (Å²) in [4.78, 5) is 33.6. The molecule has 0 saturated carbocycles. The van der Waals surface area contributed by atoms with E-state index in [1.54, 1.807) is 12.1 Å². The zero-order valence-electron chi connectivity index (χ0n) is 15.6. The summed E-state index contributed by atoms with van der Waals surface area (Å²) in [5.74, 6) is -1.52. The number of hydrogen-bond donors (Lipinski definition) is 1. The number of aliphatic hydroxyl groups excluding tert-OH is 1. The van der Waals surface area contributed by atoms with Crippen LogP contribution in [-0.2, 0) is 9.59 Å². The van der Waals surface area contributed by atoms with Gasteiger partial charge in [-0.05, 0) is 32.2 Å². The minimum absolute atomic E-state index is 0.0989. The molecule has 7 heteroatoms. The van der Waals surface area contributed by atoms with E-state index in [1.807, 2.05) is 50.4 Å². The summed E-state index contributed by atoms with van der Waals surface area (Å²) in [5, 5.41) is 13.3. The van der Waals surface area contributed by atoms with Gasteiger partial charge in [0.05, 0.1) is 11.3 Å². The van der Waals surface area contributed by atoms with Crippen molar-refractivity contribution in [1.82, 2.24) is 4.98 Å². The van der Waals surface area contributed by atoms with Crippen molar-refractivity contribution < 1.29 is 14.7 Å². The lowest BCUT2D eigenvalue weighted by Crippen LogP contribution is -2.29. The first-order valence-electron chi connectivity index (χ1n) is 8.74. The van der Waals surface area contributed by atoms with Gasteiger partial charge in [-0.1, -0.05) is 35.9 Å². The number of hydrogen-bond acceptors (Lipinski definition) is 6. The van der Waals surface area contributed by atoms with Crippen molar-refractivity contribution in [2.45, 2.75) is 26.8 Å². The summed E-state index contributed by atoms with van der Waals surface area (Å²) in [6, 6.07) is 10.3. The van der Waals surface area contributed by atoms with Crippen LogP contribution in [0.4, 0.5) is 5.13 Å². The average Bonchev–Trinajstić information content (AvgIpc) is 3.36. The number of aryl methyl sites for hydroxylation is 3. The fraction of sp³-hybridized carbons (Fsp3) is 0.190. The van der Waals surface area contributed by atoms with Crippen LogP contribution in [0.2, 0.25) is 0 Å². The number of ketones is 1. The van der Waals surface area contributed by atoms with E-state index in [2.05, 4.69) is 4.98 Å². The second-order valence-electron chi connectivity index (χ2n) is 6.69. The SMILES string of the molecule is Cc1ccc(/C(O)=C2\C(=O)C(=O)N(c3nc(C)c(C)s3)C2c2cccs2)cc1. The van der Waals surface area contributed by atoms with Gasteiger partial charge in [0, 0.05) is 15.3 Å². The van der Waals surface area contributed by atoms with Crippen LogP contribution >= 0.6 is 22.7 Å². The summed E-state index contributed by atoms with van der Waals surface area (Å²) in [6.07, 6.45) is 0. The Labute approximate surface area is 170 Å². The molecular weight excluding hydrogens is 392 g/mol. The molecule has 2 aromatic heterocycles. The molecule has 1 aliphatic rings. The topological polar surface area (TPSA) is 70.5 Å². The maximum absolute atomic E-state index is 12.9. The summed E-state index contributed by atoms with van der Waals surface area (Å²) >= 11 is 2.81. The summed E-state index contributed by atoms with van der Waals surface area (Å²) < 4.78 is 0. The molecule has 1 amide bonds. The molecule has 0 aliphatic carbocycles. The second kappa shape index (κ2) is 7.00. The molecule has 1 N–H and O–H groups in total. The van der Waals surface area contributed by atoms with E-state index >= 15 is 0 Å². The van der Waals surface area contributed by atoms with E-state index in [1.165, 1.54) is 27.6 Å². The molecule has 3 heterocycles. The Hall–Kier alpha value is -2.77. The number of benzene rings is 1. The number of anilines is 1. The minimum atomic E-state index is -0.693. The Balaban J connectivity index is 1.92. The lowest BCUT2D eigenvalue weighted by atomic mass is 9.99. The third kappa shape index (κ3) is 2.96. The van der Waals surface area contributed by atoms with Crippen molar-refractivity contribution in [2.24, 2.45) is 0 Å². The molecule has 1 fully saturated rings. The van der Waals surface area contributed by atoms with E-state index in [-0.39, 0.29) is 11.3 Å². The van der Waals surface area contributed by atoms with Gasteiger partial charge in [0.25, 0.3) is 5.78 Å². The van der Waals surface area contributed by atoms with Crippen LogP contribution in [0.3, 0.4) is 0 Å². The molecule has 4 rings (SSSR count). The highest BCUT2D eigenvalue weighted by atomic mass is 32.1. The number of nitrogens with zero attached hydrogens (tertiary/aromatic N) is 2. The molecule has 1 aliphatic heterocycles. The van der Waals surface area contributed by atoms with Gasteiger partial charge in [0.2, 0.25) is 0 Å². The number of carbonyl (C=O) groups is 2. The normalized spacial score (nSPS) is 18.8. The Morgan fingerprint density at radius 3 is 2.39 bits per heavy atom. The van der Waals surface area contributed by atoms with Gasteiger partial charge in [0.15, 0.2) is 5.13 Å². The van der Waals surface area contributed by atoms with Gasteiger partial charge in [-0.3, -0.25) is 14.5 Å². The monoisotopic (exact) mass is 410 g/mol. The molecule has 1 aromatic carbocycles. The molecule has 1 saturated heterocycles. The van der Waals surface area contributed by atoms with Crippen LogP contribution in [0.15, 0.2) is 47.4 Å². The quantitative estimate of drug-likeness (QED) is 0.384. The number of rotatable bonds is 3. The summed E-state index contributed by atoms with van der Waals surface area (Å²) in [7, 11) is 0. The van der Waals surface area contributed by atoms with Gasteiger partial charge >= 0.3 is 5.91 Å². The predicted molar refractivity (Wildman–Crippen MR) is 112 cm³/mol. The van der Waals surface area contributed by atoms with Crippen LogP contribution in [0, 0.1) is 20.8 Å². The fourth-order valence-electron chi connectivity index (χ4n) is 3.17. The number of thiazole rings is 1. The first-order valence-corrected chi connectivity index (χ1v) is 10.4. The molecule has 28 heavy (non-hydrogen) atoms. The molecule has 1 atom stereocenters. The zero-order valence-corrected chi connectivity index (χ0v) is 17.2. The number of amides is 1. The molecule has 0 radical (unpaired) electrons. The van der Waals surface area contributed by atoms with Gasteiger partial charge in [0.1, 0.15) is 11.8 Å². The molecule has 0 spiro atoms. The molecule has 1 unspecified atom stereocenters. The lowest BCUT2D eigenvalue weighted by molar-refractivity contribution is -0.132. The first-order chi connectivity index (χ1) is 13.4. The molecule has 142 valence electrons. The number of aliphatic hydroxyl groups is 1. The highest BCUT2D eigenvalue weighted by Crippen LogP contribution is 2.44. The van der Waals surface area contributed by atoms with Crippen LogP contribution in [0.1, 0.15) is 32.6 Å². The third-order valence-corrected chi connectivity index (χ3v) is 6.80. The second-order valence-corrected chi connectivity index (χ2v) is 8.85. The first kappa shape index (κ1) is 18.6. The Bertz CT molecular complexity index is 1080. The lowest BCUT2D eigenvalue weighted by Gasteiger charge is -2.21. The van der Waals surface area contributed by atoms with Crippen molar-refractivity contribution in [3.05, 3.63) is 73.9 Å². The summed E-state index contributed by atoms with van der Waals surface area (Å²) in [5.41, 5.74) is 2.48. The van der Waals surface area contributed by atoms with Gasteiger partial charge in [-0.2, -0.15) is 0 Å². The third-order valence-electron chi connectivity index (χ3n) is 4.81. The average molecular weight is 411 g/mol. The maximum Gasteiger partial charge on any atom is 0.301 e. The van der Waals surface area contributed by atoms with E-state index in [4.69, 9.17) is 0 Å². The van der Waals surface area contributed by atoms with Gasteiger partial charge in [-0.25, -0.2) is 4.98 Å². The van der Waals surface area contributed by atoms with Crippen LogP contribution in [0.25, 0.3) is 5.76 Å². The Morgan fingerprint density at radius 2 is 1.82 bits per heavy atom. The Kier molecular flexibility index (Phi) is 4.64. The zero-order chi connectivity index (χ0) is 20.0. The summed E-state index contributed by atoms with van der Waals surface area (Å²) in [6.45, 7) is 5.75. The van der Waals surface area contributed by atoms with E-state index in [0.717, 1.165) is 21.0 Å². The molecule has 5 nitrogen and oxygen atoms in total. The predicted octanol–water partition coefficient (Wildman–Crippen LogP) is 4.76. The van der Waals surface area contributed by atoms with Crippen LogP contribution in [0.5, 0.6) is 0 Å². The Morgan fingerprint density at radius 1 is 1.11 bits per heavy atom. The van der Waals surface area contributed by atoms with E-state index in [0.29, 0.717) is 10.7 Å². The molecular formula is C21H18N2O3S2. The van der Waals surface area contributed by atoms with Gasteiger partial charge in [-0.15, -0.1) is 22.7 Å². The molecule has 0 bridgehead atoms. The van der Waals surface area contributed by atoms with E-state index < -0.39 is 17.7 Å². The van der Waals surface area contributed by atoms with Crippen molar-refractivity contribution in [3.63, 3.8) is 0 Å². The van der Waals surface area contributed by atoms with Crippen LogP contribution < -0.4 is 4.90 Å². The number of thiophene rings is 1. The largest absolute Gasteiger partial charge is 0.507 e. The van der Waals surface area contributed by atoms with Gasteiger partial charge < -0.3 is 5.11 Å². The highest BCUT2D eigenvalue weighted by molar-refractivity contribution is 7.16. The van der Waals surface area contributed by atoms with Crippen molar-refractivity contribution in [3.8, 4) is 0 Å². The van der Waals surface area contributed by atoms with Crippen LogP contribution in [-0.4, -0.2) is 21.8 Å². The molecule has 3 aromatic rings. The number of carbonyl (C=O) groups excluding carboxylic acids is 2. The van der Waals surface area contributed by atoms with Crippen molar-refractivity contribution >= 4 is 45.3 Å². The fourth-order valence-corrected chi connectivity index (χ4v) is 4.93. The number of Topliss-reactive ketones (excluding diaryl/α,β-unsaturated/α-hetero) is 1. The minimum Gasteiger partial charge on any atom is -0.507 e. The standard InChI is InChI=1S/C21H18N2O3S2/c1-11-6-8-14(9-7-11)18(24)16-17(15-5-4-10-27-15)23(20(26)19(16)25)21-22-12(2)13(3)28-21/h4-10,17,24H,1-3H3/b18-16+. The maximum atomic E-state index is 12.9. The van der Waals surface area contributed by atoms with E-state index in [9.17, 15) is 14.7 Å².